The van der Waals surface area contributed by atoms with Crippen molar-refractivity contribution in [3.63, 3.8) is 0 Å². The molecule has 0 aromatic carbocycles. The zero-order chi connectivity index (χ0) is 6.53. The molecule has 0 unspecified atom stereocenters. The van der Waals surface area contributed by atoms with E-state index in [4.69, 9.17) is 9.47 Å². The van der Waals surface area contributed by atoms with Gasteiger partial charge in [0.2, 0.25) is 0 Å². The number of hydrogen-bond acceptors (Lipinski definition) is 2. The third-order valence-electron chi connectivity index (χ3n) is 1.15. The van der Waals surface area contributed by atoms with Crippen molar-refractivity contribution in [3.8, 4) is 0 Å². The summed E-state index contributed by atoms with van der Waals surface area (Å²) < 4.78 is 10.3. The quantitative estimate of drug-likeness (QED) is 0.535. The van der Waals surface area contributed by atoms with Crippen molar-refractivity contribution in [2.24, 2.45) is 0 Å². The average Bonchev–Trinajstić information content (AvgIpc) is 1.91. The Bertz CT molecular complexity index is 99.5. The van der Waals surface area contributed by atoms with Gasteiger partial charge in [0.25, 0.3) is 5.95 Å². The highest BCUT2D eigenvalue weighted by Gasteiger charge is 2.03. The maximum atomic E-state index is 5.16. The predicted octanol–water partition coefficient (Wildman–Crippen LogP) is 1.67. The van der Waals surface area contributed by atoms with E-state index in [0.29, 0.717) is 5.95 Å². The molecule has 2 nitrogen and oxygen atoms in total. The third-order valence-corrected chi connectivity index (χ3v) is 1.15. The van der Waals surface area contributed by atoms with Gasteiger partial charge in [-0.05, 0) is 12.5 Å². The van der Waals surface area contributed by atoms with E-state index in [1.165, 1.54) is 0 Å². The van der Waals surface area contributed by atoms with E-state index in [9.17, 15) is 0 Å². The van der Waals surface area contributed by atoms with Crippen molar-refractivity contribution in [3.05, 3.63) is 12.0 Å². The Morgan fingerprint density at radius 3 is 2.67 bits per heavy atom. The molecule has 0 aliphatic carbocycles. The van der Waals surface area contributed by atoms with Gasteiger partial charge in [0.15, 0.2) is 0 Å². The second-order valence-corrected chi connectivity index (χ2v) is 1.98. The SMILES string of the molecule is CCC=C1OCCCO1. The lowest BCUT2D eigenvalue weighted by Crippen LogP contribution is -2.09. The van der Waals surface area contributed by atoms with Crippen molar-refractivity contribution in [2.75, 3.05) is 13.2 Å². The van der Waals surface area contributed by atoms with Gasteiger partial charge in [0.1, 0.15) is 0 Å². The van der Waals surface area contributed by atoms with Crippen LogP contribution in [0.3, 0.4) is 0 Å². The Kier molecular flexibility index (Phi) is 2.43. The average molecular weight is 128 g/mol. The first-order valence-corrected chi connectivity index (χ1v) is 3.39. The van der Waals surface area contributed by atoms with Crippen LogP contribution >= 0.6 is 0 Å². The Labute approximate surface area is 55.5 Å². The number of ether oxygens (including phenoxy) is 2. The summed E-state index contributed by atoms with van der Waals surface area (Å²) in [6.07, 6.45) is 3.95. The largest absolute Gasteiger partial charge is 0.466 e. The number of hydrogen-bond donors (Lipinski definition) is 0. The second kappa shape index (κ2) is 3.38. The molecule has 0 spiro atoms. The summed E-state index contributed by atoms with van der Waals surface area (Å²) in [7, 11) is 0. The van der Waals surface area contributed by atoms with E-state index < -0.39 is 0 Å². The van der Waals surface area contributed by atoms with Gasteiger partial charge in [0, 0.05) is 6.42 Å². The van der Waals surface area contributed by atoms with Gasteiger partial charge in [-0.2, -0.15) is 0 Å². The van der Waals surface area contributed by atoms with E-state index in [-0.39, 0.29) is 0 Å². The lowest BCUT2D eigenvalue weighted by atomic mass is 10.4. The zero-order valence-corrected chi connectivity index (χ0v) is 5.72. The zero-order valence-electron chi connectivity index (χ0n) is 5.72. The van der Waals surface area contributed by atoms with E-state index in [2.05, 4.69) is 6.92 Å². The molecule has 0 saturated carbocycles. The first kappa shape index (κ1) is 6.46. The van der Waals surface area contributed by atoms with Crippen LogP contribution < -0.4 is 0 Å². The van der Waals surface area contributed by atoms with Gasteiger partial charge in [-0.25, -0.2) is 0 Å². The molecule has 1 heterocycles. The number of rotatable bonds is 1. The fourth-order valence-electron chi connectivity index (χ4n) is 0.731. The van der Waals surface area contributed by atoms with Gasteiger partial charge < -0.3 is 9.47 Å². The number of allylic oxidation sites excluding steroid dienone is 1. The van der Waals surface area contributed by atoms with Crippen molar-refractivity contribution < 1.29 is 9.47 Å². The smallest absolute Gasteiger partial charge is 0.274 e. The van der Waals surface area contributed by atoms with E-state index >= 15 is 0 Å². The highest BCUT2D eigenvalue weighted by molar-refractivity contribution is 4.83. The van der Waals surface area contributed by atoms with Crippen LogP contribution in [0.1, 0.15) is 19.8 Å². The van der Waals surface area contributed by atoms with Gasteiger partial charge >= 0.3 is 0 Å². The third kappa shape index (κ3) is 1.96. The first-order valence-electron chi connectivity index (χ1n) is 3.39. The minimum Gasteiger partial charge on any atom is -0.466 e. The fraction of sp³-hybridized carbons (Fsp3) is 0.714. The lowest BCUT2D eigenvalue weighted by molar-refractivity contribution is -0.0147. The van der Waals surface area contributed by atoms with Crippen LogP contribution in [0.2, 0.25) is 0 Å². The molecule has 1 saturated heterocycles. The molecule has 2 heteroatoms. The van der Waals surface area contributed by atoms with E-state index in [1.54, 1.807) is 0 Å². The summed E-state index contributed by atoms with van der Waals surface area (Å²) >= 11 is 0. The van der Waals surface area contributed by atoms with Crippen LogP contribution in [0.15, 0.2) is 12.0 Å². The summed E-state index contributed by atoms with van der Waals surface area (Å²) in [5.74, 6) is 0.712. The molecular formula is C7H12O2. The predicted molar refractivity (Wildman–Crippen MR) is 34.9 cm³/mol. The maximum Gasteiger partial charge on any atom is 0.274 e. The Balaban J connectivity index is 2.30. The molecule has 9 heavy (non-hydrogen) atoms. The van der Waals surface area contributed by atoms with Gasteiger partial charge in [-0.3, -0.25) is 0 Å². The molecule has 0 aromatic heterocycles. The summed E-state index contributed by atoms with van der Waals surface area (Å²) in [5.41, 5.74) is 0. The molecule has 0 atom stereocenters. The minimum absolute atomic E-state index is 0.712. The summed E-state index contributed by atoms with van der Waals surface area (Å²) in [6.45, 7) is 3.69. The fourth-order valence-corrected chi connectivity index (χ4v) is 0.731. The molecule has 0 amide bonds. The van der Waals surface area contributed by atoms with E-state index in [0.717, 1.165) is 26.1 Å². The van der Waals surface area contributed by atoms with Gasteiger partial charge in [0.05, 0.1) is 13.2 Å². The molecule has 0 bridgehead atoms. The minimum atomic E-state index is 0.712. The molecule has 1 aliphatic rings. The van der Waals surface area contributed by atoms with E-state index in [1.807, 2.05) is 6.08 Å². The van der Waals surface area contributed by atoms with Crippen LogP contribution in [0.4, 0.5) is 0 Å². The molecule has 52 valence electrons. The van der Waals surface area contributed by atoms with Crippen LogP contribution in [0.5, 0.6) is 0 Å². The Morgan fingerprint density at radius 2 is 2.11 bits per heavy atom. The summed E-state index contributed by atoms with van der Waals surface area (Å²) in [6, 6.07) is 0. The van der Waals surface area contributed by atoms with Crippen molar-refractivity contribution in [1.82, 2.24) is 0 Å². The highest BCUT2D eigenvalue weighted by atomic mass is 16.7. The lowest BCUT2D eigenvalue weighted by Gasteiger charge is -2.16. The standard InChI is InChI=1S/C7H12O2/c1-2-4-7-8-5-3-6-9-7/h4H,2-3,5-6H2,1H3. The Morgan fingerprint density at radius 1 is 1.44 bits per heavy atom. The summed E-state index contributed by atoms with van der Waals surface area (Å²) in [4.78, 5) is 0. The first-order chi connectivity index (χ1) is 4.43. The van der Waals surface area contributed by atoms with Crippen LogP contribution in [-0.4, -0.2) is 13.2 Å². The summed E-state index contributed by atoms with van der Waals surface area (Å²) in [5, 5.41) is 0. The second-order valence-electron chi connectivity index (χ2n) is 1.98. The van der Waals surface area contributed by atoms with Crippen LogP contribution in [-0.2, 0) is 9.47 Å². The van der Waals surface area contributed by atoms with Gasteiger partial charge in [-0.15, -0.1) is 0 Å². The molecule has 1 aliphatic heterocycles. The molecule has 0 radical (unpaired) electrons. The van der Waals surface area contributed by atoms with Crippen LogP contribution in [0.25, 0.3) is 0 Å². The topological polar surface area (TPSA) is 18.5 Å². The van der Waals surface area contributed by atoms with Crippen LogP contribution in [0, 0.1) is 0 Å². The molecule has 0 N–H and O–H groups in total. The molecule has 1 fully saturated rings. The maximum absolute atomic E-state index is 5.16. The monoisotopic (exact) mass is 128 g/mol. The Hall–Kier alpha value is -0.660. The van der Waals surface area contributed by atoms with Crippen molar-refractivity contribution in [2.45, 2.75) is 19.8 Å². The molecule has 1 rings (SSSR count). The normalized spacial score (nSPS) is 18.1. The van der Waals surface area contributed by atoms with Crippen molar-refractivity contribution in [1.29, 1.82) is 0 Å². The van der Waals surface area contributed by atoms with Crippen molar-refractivity contribution >= 4 is 0 Å². The molecule has 0 aromatic rings. The van der Waals surface area contributed by atoms with Gasteiger partial charge in [-0.1, -0.05) is 6.92 Å². The highest BCUT2D eigenvalue weighted by Crippen LogP contribution is 2.08. The molecular weight excluding hydrogens is 116 g/mol.